The molecule has 0 bridgehead atoms. The number of benzene rings is 2. The highest BCUT2D eigenvalue weighted by atomic mass is 19.1. The van der Waals surface area contributed by atoms with Crippen molar-refractivity contribution in [3.05, 3.63) is 71.0 Å². The van der Waals surface area contributed by atoms with Crippen LogP contribution in [0.5, 0.6) is 0 Å². The molecule has 0 aliphatic carbocycles. The van der Waals surface area contributed by atoms with E-state index in [-0.39, 0.29) is 18.2 Å². The first-order chi connectivity index (χ1) is 10.8. The molecule has 1 N–H and O–H groups in total. The Hall–Kier alpha value is -2.64. The number of aliphatic hydroxyl groups is 1. The Morgan fingerprint density at radius 2 is 2.05 bits per heavy atom. The molecule has 0 amide bonds. The fourth-order valence-corrected chi connectivity index (χ4v) is 2.26. The predicted molar refractivity (Wildman–Crippen MR) is 82.0 cm³/mol. The minimum absolute atomic E-state index is 0.0619. The maximum Gasteiger partial charge on any atom is 0.217 e. The monoisotopic (exact) mass is 295 g/mol. The van der Waals surface area contributed by atoms with Gasteiger partial charge in [0.2, 0.25) is 5.90 Å². The number of nitrogens with zero attached hydrogens (tertiary/aromatic N) is 1. The third-order valence-electron chi connectivity index (χ3n) is 3.35. The van der Waals surface area contributed by atoms with E-state index in [9.17, 15) is 4.39 Å². The second kappa shape index (κ2) is 6.42. The summed E-state index contributed by atoms with van der Waals surface area (Å²) in [7, 11) is 0. The third kappa shape index (κ3) is 3.00. The van der Waals surface area contributed by atoms with Gasteiger partial charge < -0.3 is 9.84 Å². The highest BCUT2D eigenvalue weighted by Crippen LogP contribution is 2.25. The molecule has 1 heterocycles. The van der Waals surface area contributed by atoms with E-state index in [1.165, 1.54) is 6.07 Å². The van der Waals surface area contributed by atoms with Crippen LogP contribution in [0.25, 0.3) is 0 Å². The molecule has 0 fully saturated rings. The summed E-state index contributed by atoms with van der Waals surface area (Å²) >= 11 is 0. The van der Waals surface area contributed by atoms with Gasteiger partial charge in [-0.1, -0.05) is 42.2 Å². The molecular formula is C18H14FNO2. The molecule has 110 valence electrons. The van der Waals surface area contributed by atoms with E-state index in [0.29, 0.717) is 18.1 Å². The number of aliphatic imine (C=N–C) groups is 1. The maximum absolute atomic E-state index is 14.0. The topological polar surface area (TPSA) is 41.8 Å². The summed E-state index contributed by atoms with van der Waals surface area (Å²) in [5.74, 6) is 4.97. The standard InChI is InChI=1S/C18H14FNO2/c19-16-11-15(9-8-13(16)7-4-10-21)18-20-17(12-22-18)14-5-2-1-3-6-14/h1-3,5-6,8-9,11,17,21H,10,12H2/t17-/m0/s1. The summed E-state index contributed by atoms with van der Waals surface area (Å²) in [6.07, 6.45) is 0. The fraction of sp³-hybridized carbons (Fsp3) is 0.167. The number of halogens is 1. The average Bonchev–Trinajstić information content (AvgIpc) is 3.04. The lowest BCUT2D eigenvalue weighted by atomic mass is 10.1. The Labute approximate surface area is 128 Å². The van der Waals surface area contributed by atoms with E-state index >= 15 is 0 Å². The van der Waals surface area contributed by atoms with Gasteiger partial charge in [0.15, 0.2) is 0 Å². The molecule has 0 saturated carbocycles. The third-order valence-corrected chi connectivity index (χ3v) is 3.35. The quantitative estimate of drug-likeness (QED) is 0.866. The van der Waals surface area contributed by atoms with Crippen LogP contribution in [0.1, 0.15) is 22.7 Å². The van der Waals surface area contributed by atoms with Gasteiger partial charge in [-0.3, -0.25) is 0 Å². The zero-order valence-electron chi connectivity index (χ0n) is 11.8. The highest BCUT2D eigenvalue weighted by Gasteiger charge is 2.22. The fourth-order valence-electron chi connectivity index (χ4n) is 2.26. The molecule has 0 spiro atoms. The minimum atomic E-state index is -0.451. The van der Waals surface area contributed by atoms with Crippen molar-refractivity contribution in [1.29, 1.82) is 0 Å². The summed E-state index contributed by atoms with van der Waals surface area (Å²) in [5.41, 5.74) is 1.91. The summed E-state index contributed by atoms with van der Waals surface area (Å²) < 4.78 is 19.5. The van der Waals surface area contributed by atoms with Crippen LogP contribution < -0.4 is 0 Å². The number of hydrogen-bond acceptors (Lipinski definition) is 3. The Kier molecular flexibility index (Phi) is 4.17. The Bertz CT molecular complexity index is 760. The predicted octanol–water partition coefficient (Wildman–Crippen LogP) is 2.69. The number of aliphatic hydroxyl groups excluding tert-OH is 1. The van der Waals surface area contributed by atoms with Crippen molar-refractivity contribution in [2.24, 2.45) is 4.99 Å². The van der Waals surface area contributed by atoms with Gasteiger partial charge in [0.05, 0.1) is 5.56 Å². The number of hydrogen-bond donors (Lipinski definition) is 1. The first-order valence-electron chi connectivity index (χ1n) is 6.93. The molecule has 0 unspecified atom stereocenters. The number of rotatable bonds is 2. The van der Waals surface area contributed by atoms with Crippen molar-refractivity contribution in [2.75, 3.05) is 13.2 Å². The van der Waals surface area contributed by atoms with Crippen LogP contribution in [0.15, 0.2) is 53.5 Å². The van der Waals surface area contributed by atoms with Gasteiger partial charge in [-0.25, -0.2) is 9.38 Å². The molecule has 0 aromatic heterocycles. The van der Waals surface area contributed by atoms with Crippen molar-refractivity contribution < 1.29 is 14.2 Å². The Morgan fingerprint density at radius 1 is 1.23 bits per heavy atom. The second-order valence-electron chi connectivity index (χ2n) is 4.83. The van der Waals surface area contributed by atoms with Gasteiger partial charge in [-0.2, -0.15) is 0 Å². The van der Waals surface area contributed by atoms with Crippen molar-refractivity contribution in [3.63, 3.8) is 0 Å². The van der Waals surface area contributed by atoms with E-state index in [0.717, 1.165) is 5.56 Å². The summed E-state index contributed by atoms with van der Waals surface area (Å²) in [6, 6.07) is 14.4. The van der Waals surface area contributed by atoms with Crippen molar-refractivity contribution in [2.45, 2.75) is 6.04 Å². The Balaban J connectivity index is 1.85. The van der Waals surface area contributed by atoms with E-state index < -0.39 is 5.82 Å². The van der Waals surface area contributed by atoms with Gasteiger partial charge in [0.1, 0.15) is 25.1 Å². The molecule has 4 heteroatoms. The lowest BCUT2D eigenvalue weighted by Crippen LogP contribution is -2.02. The van der Waals surface area contributed by atoms with Crippen LogP contribution in [-0.2, 0) is 4.74 Å². The van der Waals surface area contributed by atoms with Crippen LogP contribution >= 0.6 is 0 Å². The van der Waals surface area contributed by atoms with Gasteiger partial charge in [-0.05, 0) is 23.8 Å². The minimum Gasteiger partial charge on any atom is -0.475 e. The lowest BCUT2D eigenvalue weighted by Gasteiger charge is -2.03. The summed E-state index contributed by atoms with van der Waals surface area (Å²) in [5, 5.41) is 8.65. The smallest absolute Gasteiger partial charge is 0.217 e. The molecule has 3 nitrogen and oxygen atoms in total. The first kappa shape index (κ1) is 14.3. The first-order valence-corrected chi connectivity index (χ1v) is 6.93. The zero-order valence-corrected chi connectivity index (χ0v) is 11.8. The van der Waals surface area contributed by atoms with E-state index in [4.69, 9.17) is 9.84 Å². The van der Waals surface area contributed by atoms with Crippen LogP contribution in [0.3, 0.4) is 0 Å². The molecule has 1 aliphatic heterocycles. The zero-order chi connectivity index (χ0) is 15.4. The molecule has 3 rings (SSSR count). The molecule has 2 aromatic carbocycles. The number of ether oxygens (including phenoxy) is 1. The van der Waals surface area contributed by atoms with Crippen LogP contribution in [0.2, 0.25) is 0 Å². The van der Waals surface area contributed by atoms with Gasteiger partial charge in [-0.15, -0.1) is 0 Å². The van der Waals surface area contributed by atoms with Crippen molar-refractivity contribution >= 4 is 5.90 Å². The molecule has 2 aromatic rings. The van der Waals surface area contributed by atoms with Crippen molar-refractivity contribution in [1.82, 2.24) is 0 Å². The van der Waals surface area contributed by atoms with E-state index in [1.54, 1.807) is 12.1 Å². The molecule has 1 aliphatic rings. The average molecular weight is 295 g/mol. The summed E-state index contributed by atoms with van der Waals surface area (Å²) in [6.45, 7) is 0.156. The van der Waals surface area contributed by atoms with Crippen LogP contribution in [0, 0.1) is 17.7 Å². The van der Waals surface area contributed by atoms with Crippen LogP contribution in [0.4, 0.5) is 4.39 Å². The lowest BCUT2D eigenvalue weighted by molar-refractivity contribution is 0.319. The normalized spacial score (nSPS) is 16.5. The molecule has 1 atom stereocenters. The molecule has 0 radical (unpaired) electrons. The molecular weight excluding hydrogens is 281 g/mol. The van der Waals surface area contributed by atoms with E-state index in [2.05, 4.69) is 16.8 Å². The largest absolute Gasteiger partial charge is 0.475 e. The van der Waals surface area contributed by atoms with E-state index in [1.807, 2.05) is 30.3 Å². The highest BCUT2D eigenvalue weighted by molar-refractivity contribution is 5.95. The Morgan fingerprint density at radius 3 is 2.77 bits per heavy atom. The van der Waals surface area contributed by atoms with Gasteiger partial charge in [0, 0.05) is 5.56 Å². The summed E-state index contributed by atoms with van der Waals surface area (Å²) in [4.78, 5) is 4.51. The molecule has 0 saturated heterocycles. The second-order valence-corrected chi connectivity index (χ2v) is 4.83. The van der Waals surface area contributed by atoms with Crippen LogP contribution in [-0.4, -0.2) is 24.2 Å². The van der Waals surface area contributed by atoms with Gasteiger partial charge in [0.25, 0.3) is 0 Å². The SMILES string of the molecule is OCC#Cc1ccc(C2=N[C@H](c3ccccc3)CO2)cc1F. The molecule has 22 heavy (non-hydrogen) atoms. The van der Waals surface area contributed by atoms with Crippen molar-refractivity contribution in [3.8, 4) is 11.8 Å². The maximum atomic E-state index is 14.0. The van der Waals surface area contributed by atoms with Gasteiger partial charge >= 0.3 is 0 Å².